The number of amides is 1. The number of fused-ring (bicyclic) bond motifs is 2. The Morgan fingerprint density at radius 2 is 1.74 bits per heavy atom. The van der Waals surface area contributed by atoms with Gasteiger partial charge in [0.25, 0.3) is 5.91 Å². The van der Waals surface area contributed by atoms with Gasteiger partial charge in [0.05, 0.1) is 11.6 Å². The summed E-state index contributed by atoms with van der Waals surface area (Å²) >= 11 is 0. The van der Waals surface area contributed by atoms with Gasteiger partial charge in [0, 0.05) is 11.8 Å². The Morgan fingerprint density at radius 1 is 1.11 bits per heavy atom. The summed E-state index contributed by atoms with van der Waals surface area (Å²) in [4.78, 5) is 36.6. The van der Waals surface area contributed by atoms with Crippen LogP contribution in [0.2, 0.25) is 0 Å². The van der Waals surface area contributed by atoms with E-state index in [1.807, 2.05) is 0 Å². The summed E-state index contributed by atoms with van der Waals surface area (Å²) < 4.78 is 45.0. The highest BCUT2D eigenvalue weighted by molar-refractivity contribution is 5.95. The fourth-order valence-corrected chi connectivity index (χ4v) is 3.85. The van der Waals surface area contributed by atoms with Gasteiger partial charge in [-0.3, -0.25) is 14.4 Å². The molecule has 8 heteroatoms. The molecular weight excluding hydrogens is 363 g/mol. The van der Waals surface area contributed by atoms with Crippen molar-refractivity contribution in [3.8, 4) is 0 Å². The van der Waals surface area contributed by atoms with Crippen molar-refractivity contribution in [1.29, 1.82) is 0 Å². The summed E-state index contributed by atoms with van der Waals surface area (Å²) in [7, 11) is 0. The first kappa shape index (κ1) is 19.4. The maximum absolute atomic E-state index is 13.6. The molecule has 3 atom stereocenters. The number of hydrogen-bond donors (Lipinski definition) is 1. The van der Waals surface area contributed by atoms with Crippen molar-refractivity contribution < 1.29 is 32.3 Å². The summed E-state index contributed by atoms with van der Waals surface area (Å²) in [6.07, 6.45) is 2.10. The Morgan fingerprint density at radius 3 is 2.37 bits per heavy atom. The van der Waals surface area contributed by atoms with Gasteiger partial charge in [-0.15, -0.1) is 0 Å². The third-order valence-electron chi connectivity index (χ3n) is 5.34. The van der Waals surface area contributed by atoms with Crippen molar-refractivity contribution in [2.75, 3.05) is 5.32 Å². The molecule has 146 valence electrons. The molecule has 1 N–H and O–H groups in total. The summed E-state index contributed by atoms with van der Waals surface area (Å²) in [6.45, 7) is 1.31. The van der Waals surface area contributed by atoms with Gasteiger partial charge in [0.1, 0.15) is 5.78 Å². The van der Waals surface area contributed by atoms with E-state index in [0.29, 0.717) is 18.9 Å². The van der Waals surface area contributed by atoms with Gasteiger partial charge >= 0.3 is 5.97 Å². The van der Waals surface area contributed by atoms with Crippen LogP contribution in [-0.4, -0.2) is 23.8 Å². The van der Waals surface area contributed by atoms with Gasteiger partial charge in [0.2, 0.25) is 0 Å². The second kappa shape index (κ2) is 7.70. The zero-order valence-electron chi connectivity index (χ0n) is 14.8. The average Bonchev–Trinajstić information content (AvgIpc) is 2.61. The number of nitrogens with one attached hydrogen (secondary N) is 1. The Balaban J connectivity index is 1.59. The zero-order valence-corrected chi connectivity index (χ0v) is 14.8. The lowest BCUT2D eigenvalue weighted by molar-refractivity contribution is -0.161. The second-order valence-electron chi connectivity index (χ2n) is 7.19. The SMILES string of the molecule is C[C@@H](OC(=O)C1C[C@@H]2CCC[C@@H](C1)C2=O)C(=O)Nc1ccc(F)c(F)c1F. The van der Waals surface area contributed by atoms with Crippen LogP contribution in [-0.2, 0) is 19.1 Å². The number of ketones is 1. The van der Waals surface area contributed by atoms with E-state index in [1.54, 1.807) is 0 Å². The van der Waals surface area contributed by atoms with Gasteiger partial charge in [-0.05, 0) is 44.7 Å². The molecule has 27 heavy (non-hydrogen) atoms. The Labute approximate surface area is 154 Å². The number of Topliss-reactive ketones (excluding diaryl/α,β-unsaturated/α-hetero) is 1. The molecule has 2 aliphatic carbocycles. The minimum absolute atomic E-state index is 0.129. The van der Waals surface area contributed by atoms with Crippen LogP contribution in [0.4, 0.5) is 18.9 Å². The summed E-state index contributed by atoms with van der Waals surface area (Å²) in [5.41, 5.74) is -0.542. The highest BCUT2D eigenvalue weighted by Crippen LogP contribution is 2.40. The maximum atomic E-state index is 13.6. The number of benzene rings is 1. The van der Waals surface area contributed by atoms with Crippen LogP contribution in [0.25, 0.3) is 0 Å². The van der Waals surface area contributed by atoms with Crippen LogP contribution in [0.3, 0.4) is 0 Å². The van der Waals surface area contributed by atoms with Crippen LogP contribution in [0.1, 0.15) is 39.0 Å². The van der Waals surface area contributed by atoms with E-state index in [4.69, 9.17) is 4.74 Å². The molecule has 1 aromatic carbocycles. The predicted octanol–water partition coefficient (Wildman–Crippen LogP) is 3.37. The van der Waals surface area contributed by atoms with Crippen molar-refractivity contribution in [1.82, 2.24) is 0 Å². The first-order chi connectivity index (χ1) is 12.8. The minimum atomic E-state index is -1.70. The summed E-state index contributed by atoms with van der Waals surface area (Å²) in [5, 5.41) is 2.08. The van der Waals surface area contributed by atoms with Crippen LogP contribution < -0.4 is 5.32 Å². The second-order valence-corrected chi connectivity index (χ2v) is 7.19. The number of carbonyl (C=O) groups is 3. The van der Waals surface area contributed by atoms with Gasteiger partial charge in [-0.25, -0.2) is 13.2 Å². The predicted molar refractivity (Wildman–Crippen MR) is 89.1 cm³/mol. The van der Waals surface area contributed by atoms with Gasteiger partial charge < -0.3 is 10.1 Å². The van der Waals surface area contributed by atoms with Crippen molar-refractivity contribution in [3.05, 3.63) is 29.6 Å². The minimum Gasteiger partial charge on any atom is -0.452 e. The number of hydrogen-bond acceptors (Lipinski definition) is 4. The molecule has 5 nitrogen and oxygen atoms in total. The number of halogens is 3. The van der Waals surface area contributed by atoms with E-state index in [0.717, 1.165) is 25.3 Å². The van der Waals surface area contributed by atoms with E-state index in [-0.39, 0.29) is 17.6 Å². The smallest absolute Gasteiger partial charge is 0.309 e. The summed E-state index contributed by atoms with van der Waals surface area (Å²) in [6, 6.07) is 1.57. The highest BCUT2D eigenvalue weighted by atomic mass is 19.2. The monoisotopic (exact) mass is 383 g/mol. The van der Waals surface area contributed by atoms with E-state index >= 15 is 0 Å². The zero-order chi connectivity index (χ0) is 19.7. The largest absolute Gasteiger partial charge is 0.452 e. The fraction of sp³-hybridized carbons (Fsp3) is 0.526. The molecule has 2 fully saturated rings. The molecule has 0 radical (unpaired) electrons. The van der Waals surface area contributed by atoms with Crippen LogP contribution >= 0.6 is 0 Å². The van der Waals surface area contributed by atoms with E-state index in [1.165, 1.54) is 6.92 Å². The number of anilines is 1. The summed E-state index contributed by atoms with van der Waals surface area (Å²) in [5.74, 6) is -6.53. The Kier molecular flexibility index (Phi) is 5.53. The number of esters is 1. The Bertz CT molecular complexity index is 766. The van der Waals surface area contributed by atoms with Crippen molar-refractivity contribution in [2.45, 2.75) is 45.1 Å². The molecule has 0 heterocycles. The van der Waals surface area contributed by atoms with Crippen molar-refractivity contribution in [2.24, 2.45) is 17.8 Å². The Hall–Kier alpha value is -2.38. The number of ether oxygens (including phenoxy) is 1. The van der Waals surface area contributed by atoms with Crippen molar-refractivity contribution in [3.63, 3.8) is 0 Å². The van der Waals surface area contributed by atoms with Gasteiger partial charge in [-0.1, -0.05) is 6.42 Å². The molecule has 2 saturated carbocycles. The molecule has 1 amide bonds. The average molecular weight is 383 g/mol. The molecule has 0 saturated heterocycles. The van der Waals surface area contributed by atoms with Gasteiger partial charge in [0.15, 0.2) is 23.6 Å². The molecule has 2 bridgehead atoms. The molecule has 1 aromatic rings. The third kappa shape index (κ3) is 3.99. The fourth-order valence-electron chi connectivity index (χ4n) is 3.85. The van der Waals surface area contributed by atoms with Gasteiger partial charge in [-0.2, -0.15) is 0 Å². The molecule has 0 spiro atoms. The molecule has 3 rings (SSSR count). The lowest BCUT2D eigenvalue weighted by atomic mass is 9.67. The topological polar surface area (TPSA) is 72.5 Å². The van der Waals surface area contributed by atoms with E-state index in [2.05, 4.69) is 5.32 Å². The van der Waals surface area contributed by atoms with Crippen LogP contribution in [0.5, 0.6) is 0 Å². The molecule has 0 aromatic heterocycles. The first-order valence-corrected chi connectivity index (χ1v) is 8.96. The lowest BCUT2D eigenvalue weighted by Gasteiger charge is -2.36. The number of carbonyl (C=O) groups excluding carboxylic acids is 3. The quantitative estimate of drug-likeness (QED) is 0.639. The lowest BCUT2D eigenvalue weighted by Crippen LogP contribution is -2.41. The van der Waals surface area contributed by atoms with Crippen LogP contribution in [0, 0.1) is 35.2 Å². The van der Waals surface area contributed by atoms with Crippen molar-refractivity contribution >= 4 is 23.3 Å². The first-order valence-electron chi connectivity index (χ1n) is 8.96. The van der Waals surface area contributed by atoms with E-state index < -0.39 is 47.0 Å². The maximum Gasteiger partial charge on any atom is 0.309 e. The standard InChI is InChI=1S/C19H20F3NO4/c1-9(18(25)23-14-6-5-13(20)15(21)16(14)22)27-19(26)12-7-10-3-2-4-11(8-12)17(10)24/h5-6,9-12H,2-4,7-8H2,1H3,(H,23,25)/t9-,10+,11+/m1/s1. The van der Waals surface area contributed by atoms with E-state index in [9.17, 15) is 27.6 Å². The van der Waals surface area contributed by atoms with Crippen LogP contribution in [0.15, 0.2) is 12.1 Å². The third-order valence-corrected chi connectivity index (χ3v) is 5.34. The molecule has 0 unspecified atom stereocenters. The molecular formula is C19H20F3NO4. The molecule has 2 aliphatic rings. The highest BCUT2D eigenvalue weighted by Gasteiger charge is 2.42. The molecule has 0 aliphatic heterocycles. The normalized spacial score (nSPS) is 25.6. The number of rotatable bonds is 4.